The second kappa shape index (κ2) is 6.98. The van der Waals surface area contributed by atoms with Crippen molar-refractivity contribution in [2.75, 3.05) is 0 Å². The minimum absolute atomic E-state index is 0.766. The van der Waals surface area contributed by atoms with E-state index in [1.165, 1.54) is 13.4 Å². The van der Waals surface area contributed by atoms with Gasteiger partial charge in [0.05, 0.1) is 0 Å². The van der Waals surface area contributed by atoms with Gasteiger partial charge in [-0.2, -0.15) is 0 Å². The molecule has 0 aliphatic rings. The van der Waals surface area contributed by atoms with Gasteiger partial charge in [-0.1, -0.05) is 0 Å². The molecule has 1 heteroatoms. The topological polar surface area (TPSA) is 0 Å². The summed E-state index contributed by atoms with van der Waals surface area (Å²) in [5, 5.41) is 0. The van der Waals surface area contributed by atoms with Gasteiger partial charge in [-0.3, -0.25) is 0 Å². The molecular weight excluding hydrogens is 260 g/mol. The molecule has 0 amide bonds. The van der Waals surface area contributed by atoms with Crippen LogP contribution < -0.4 is 0 Å². The second-order valence-electron chi connectivity index (χ2n) is 4.19. The molecule has 0 nitrogen and oxygen atoms in total. The van der Waals surface area contributed by atoms with Crippen LogP contribution in [0.15, 0.2) is 12.7 Å². The number of allylic oxidation sites excluding steroid dienone is 1. The van der Waals surface area contributed by atoms with Crippen LogP contribution in [0.5, 0.6) is 0 Å². The molecule has 0 unspecified atom stereocenters. The van der Waals surface area contributed by atoms with E-state index in [9.17, 15) is 0 Å². The molecule has 0 aromatic heterocycles. The Labute approximate surface area is 85.1 Å². The van der Waals surface area contributed by atoms with Crippen LogP contribution in [0.1, 0.15) is 27.7 Å². The van der Waals surface area contributed by atoms with Crippen molar-refractivity contribution < 1.29 is 0 Å². The van der Waals surface area contributed by atoms with E-state index in [-0.39, 0.29) is 0 Å². The third-order valence-electron chi connectivity index (χ3n) is 1.49. The van der Waals surface area contributed by atoms with E-state index in [1.807, 2.05) is 0 Å². The Kier molecular flexibility index (Phi) is 7.29. The molecule has 0 atom stereocenters. The summed E-state index contributed by atoms with van der Waals surface area (Å²) >= 11 is -0.766. The molecule has 12 heavy (non-hydrogen) atoms. The molecule has 0 fully saturated rings. The van der Waals surface area contributed by atoms with Gasteiger partial charge in [0.15, 0.2) is 0 Å². The fourth-order valence-corrected chi connectivity index (χ4v) is 8.81. The van der Waals surface area contributed by atoms with Crippen LogP contribution in [0.4, 0.5) is 0 Å². The van der Waals surface area contributed by atoms with Crippen LogP contribution in [0.3, 0.4) is 0 Å². The zero-order valence-corrected chi connectivity index (χ0v) is 11.3. The number of hydrogen-bond acceptors (Lipinski definition) is 0. The predicted molar refractivity (Wildman–Crippen MR) is 60.0 cm³/mol. The summed E-state index contributed by atoms with van der Waals surface area (Å²) in [6.45, 7) is 13.2. The van der Waals surface area contributed by atoms with E-state index in [2.05, 4.69) is 40.3 Å². The molecule has 0 bridgehead atoms. The zero-order chi connectivity index (χ0) is 9.56. The van der Waals surface area contributed by atoms with Crippen molar-refractivity contribution in [2.24, 2.45) is 11.8 Å². The second-order valence-corrected chi connectivity index (χ2v) is 10.5. The van der Waals surface area contributed by atoms with Crippen LogP contribution in [-0.4, -0.2) is 19.6 Å². The third-order valence-corrected chi connectivity index (χ3v) is 10.0. The van der Waals surface area contributed by atoms with Gasteiger partial charge >= 0.3 is 85.1 Å². The van der Waals surface area contributed by atoms with Crippen molar-refractivity contribution in [3.05, 3.63) is 12.7 Å². The average molecular weight is 283 g/mol. The van der Waals surface area contributed by atoms with Crippen molar-refractivity contribution in [1.29, 1.82) is 0 Å². The van der Waals surface area contributed by atoms with Gasteiger partial charge in [-0.15, -0.1) is 0 Å². The Morgan fingerprint density at radius 1 is 1.08 bits per heavy atom. The van der Waals surface area contributed by atoms with Crippen LogP contribution in [-0.2, 0) is 0 Å². The van der Waals surface area contributed by atoms with Crippen LogP contribution >= 0.6 is 0 Å². The van der Waals surface area contributed by atoms with E-state index >= 15 is 0 Å². The molecule has 0 aliphatic carbocycles. The van der Waals surface area contributed by atoms with E-state index in [4.69, 9.17) is 0 Å². The SMILES string of the molecule is C=CC[Te+](CC(C)C)CC(C)C. The van der Waals surface area contributed by atoms with Gasteiger partial charge in [0.1, 0.15) is 0 Å². The molecule has 0 aromatic rings. The minimum atomic E-state index is -0.766. The van der Waals surface area contributed by atoms with Gasteiger partial charge in [0.25, 0.3) is 0 Å². The molecule has 0 saturated heterocycles. The van der Waals surface area contributed by atoms with Crippen LogP contribution in [0.25, 0.3) is 0 Å². The molecule has 0 aromatic carbocycles. The summed E-state index contributed by atoms with van der Waals surface area (Å²) in [7, 11) is 0. The molecule has 0 aliphatic heterocycles. The zero-order valence-electron chi connectivity index (χ0n) is 8.97. The molecule has 0 spiro atoms. The van der Waals surface area contributed by atoms with E-state index in [0.29, 0.717) is 0 Å². The van der Waals surface area contributed by atoms with Gasteiger partial charge < -0.3 is 0 Å². The van der Waals surface area contributed by atoms with Crippen molar-refractivity contribution in [3.8, 4) is 0 Å². The van der Waals surface area contributed by atoms with Crippen molar-refractivity contribution in [1.82, 2.24) is 0 Å². The Hall–Kier alpha value is 0.530. The molecule has 0 heterocycles. The maximum atomic E-state index is 3.86. The summed E-state index contributed by atoms with van der Waals surface area (Å²) in [5.41, 5.74) is 0. The van der Waals surface area contributed by atoms with Crippen molar-refractivity contribution in [2.45, 2.75) is 41.1 Å². The fourth-order valence-electron chi connectivity index (χ4n) is 1.31. The summed E-state index contributed by atoms with van der Waals surface area (Å²) in [6, 6.07) is 0. The first-order valence-electron chi connectivity index (χ1n) is 4.81. The average Bonchev–Trinajstić information content (AvgIpc) is 1.84. The summed E-state index contributed by atoms with van der Waals surface area (Å²) in [4.78, 5) is 0. The predicted octanol–water partition coefficient (Wildman–Crippen LogP) is 3.98. The Balaban J connectivity index is 3.77. The number of rotatable bonds is 6. The Morgan fingerprint density at radius 2 is 1.50 bits per heavy atom. The van der Waals surface area contributed by atoms with Crippen molar-refractivity contribution >= 4 is 19.6 Å². The maximum absolute atomic E-state index is 3.86. The normalized spacial score (nSPS) is 11.6. The molecule has 0 saturated carbocycles. The molecular formula is C11H23Te+. The first kappa shape index (κ1) is 12.5. The van der Waals surface area contributed by atoms with E-state index in [1.54, 1.807) is 0 Å². The summed E-state index contributed by atoms with van der Waals surface area (Å²) in [6.07, 6.45) is 2.14. The molecule has 72 valence electrons. The third kappa shape index (κ3) is 7.19. The van der Waals surface area contributed by atoms with Gasteiger partial charge in [-0.05, 0) is 0 Å². The van der Waals surface area contributed by atoms with E-state index in [0.717, 1.165) is 11.8 Å². The van der Waals surface area contributed by atoms with Gasteiger partial charge in [0, 0.05) is 0 Å². The molecule has 0 radical (unpaired) electrons. The van der Waals surface area contributed by atoms with Gasteiger partial charge in [0.2, 0.25) is 0 Å². The monoisotopic (exact) mass is 285 g/mol. The quantitative estimate of drug-likeness (QED) is 0.511. The fraction of sp³-hybridized carbons (Fsp3) is 0.818. The Morgan fingerprint density at radius 3 is 1.75 bits per heavy atom. The first-order valence-corrected chi connectivity index (χ1v) is 9.75. The first-order chi connectivity index (χ1) is 5.56. The molecule has 0 rings (SSSR count). The van der Waals surface area contributed by atoms with Crippen LogP contribution in [0.2, 0.25) is 13.4 Å². The van der Waals surface area contributed by atoms with Crippen LogP contribution in [0, 0.1) is 11.8 Å². The van der Waals surface area contributed by atoms with Crippen molar-refractivity contribution in [3.63, 3.8) is 0 Å². The summed E-state index contributed by atoms with van der Waals surface area (Å²) in [5.74, 6) is 1.81. The Bertz CT molecular complexity index is 106. The van der Waals surface area contributed by atoms with Gasteiger partial charge in [-0.25, -0.2) is 0 Å². The standard InChI is InChI=1S/C11H23Te/c1-6-7-12(8-10(2)3)9-11(4)5/h6,10-11H,1,7-9H2,2-5H3/q+1. The van der Waals surface area contributed by atoms with E-state index < -0.39 is 19.6 Å². The number of hydrogen-bond donors (Lipinski definition) is 0. The summed E-state index contributed by atoms with van der Waals surface area (Å²) < 4.78 is 4.40. The molecule has 0 N–H and O–H groups in total.